The van der Waals surface area contributed by atoms with Crippen LogP contribution < -0.4 is 5.32 Å². The van der Waals surface area contributed by atoms with Crippen LogP contribution in [0.5, 0.6) is 0 Å². The molecular weight excluding hydrogens is 262 g/mol. The van der Waals surface area contributed by atoms with Crippen molar-refractivity contribution in [2.24, 2.45) is 4.99 Å². The van der Waals surface area contributed by atoms with Crippen molar-refractivity contribution in [1.29, 1.82) is 0 Å². The average molecular weight is 287 g/mol. The van der Waals surface area contributed by atoms with E-state index in [9.17, 15) is 0 Å². The van der Waals surface area contributed by atoms with Crippen LogP contribution in [-0.4, -0.2) is 75.0 Å². The van der Waals surface area contributed by atoms with Crippen molar-refractivity contribution in [3.05, 3.63) is 0 Å². The van der Waals surface area contributed by atoms with Gasteiger partial charge >= 0.3 is 0 Å². The van der Waals surface area contributed by atoms with Crippen LogP contribution in [0, 0.1) is 0 Å². The highest BCUT2D eigenvalue weighted by molar-refractivity contribution is 8.14. The van der Waals surface area contributed by atoms with Gasteiger partial charge in [-0.2, -0.15) is 0 Å². The maximum atomic E-state index is 5.54. The fraction of sp³-hybridized carbons (Fsp3) is 0.923. The molecule has 0 aromatic carbocycles. The van der Waals surface area contributed by atoms with Crippen LogP contribution in [0.4, 0.5) is 0 Å². The minimum atomic E-state index is 0.244. The summed E-state index contributed by atoms with van der Waals surface area (Å²) < 4.78 is 11.0. The number of ether oxygens (including phenoxy) is 2. The first-order valence-corrected chi connectivity index (χ1v) is 7.94. The van der Waals surface area contributed by atoms with E-state index in [-0.39, 0.29) is 5.54 Å². The lowest BCUT2D eigenvalue weighted by Crippen LogP contribution is -2.48. The zero-order valence-corrected chi connectivity index (χ0v) is 12.8. The molecule has 0 radical (unpaired) electrons. The maximum Gasteiger partial charge on any atom is 0.157 e. The van der Waals surface area contributed by atoms with Crippen molar-refractivity contribution in [2.75, 3.05) is 59.4 Å². The van der Waals surface area contributed by atoms with Gasteiger partial charge in [-0.3, -0.25) is 4.99 Å². The van der Waals surface area contributed by atoms with Crippen LogP contribution in [0.15, 0.2) is 4.99 Å². The molecule has 0 amide bonds. The monoisotopic (exact) mass is 287 g/mol. The third-order valence-electron chi connectivity index (χ3n) is 3.48. The Balaban J connectivity index is 1.62. The van der Waals surface area contributed by atoms with Gasteiger partial charge in [0.15, 0.2) is 5.17 Å². The number of thioether (sulfide) groups is 1. The quantitative estimate of drug-likeness (QED) is 0.733. The van der Waals surface area contributed by atoms with Crippen molar-refractivity contribution in [2.45, 2.75) is 18.4 Å². The van der Waals surface area contributed by atoms with E-state index in [0.29, 0.717) is 6.61 Å². The molecule has 2 fully saturated rings. The van der Waals surface area contributed by atoms with Crippen LogP contribution in [0.3, 0.4) is 0 Å². The Bertz CT molecular complexity index is 304. The van der Waals surface area contributed by atoms with Gasteiger partial charge in [0, 0.05) is 25.5 Å². The molecule has 0 atom stereocenters. The van der Waals surface area contributed by atoms with E-state index in [1.54, 1.807) is 0 Å². The second-order valence-electron chi connectivity index (χ2n) is 5.41. The van der Waals surface area contributed by atoms with Crippen LogP contribution >= 0.6 is 11.8 Å². The lowest BCUT2D eigenvalue weighted by Gasteiger charge is -2.32. The Morgan fingerprint density at radius 1 is 1.37 bits per heavy atom. The Labute approximate surface area is 120 Å². The molecule has 110 valence electrons. The molecule has 5 nitrogen and oxygen atoms in total. The van der Waals surface area contributed by atoms with Gasteiger partial charge in [0.2, 0.25) is 0 Å². The summed E-state index contributed by atoms with van der Waals surface area (Å²) in [6.07, 6.45) is 2.19. The fourth-order valence-electron chi connectivity index (χ4n) is 2.18. The molecular formula is C13H25N3O2S. The molecule has 2 aliphatic rings. The predicted octanol–water partition coefficient (Wildman–Crippen LogP) is 0.806. The van der Waals surface area contributed by atoms with E-state index in [1.165, 1.54) is 0 Å². The van der Waals surface area contributed by atoms with Gasteiger partial charge in [-0.1, -0.05) is 11.8 Å². The number of likely N-dealkylation sites (N-methyl/N-ethyl adjacent to an activating group) is 1. The molecule has 0 aromatic heterocycles. The normalized spacial score (nSPS) is 24.3. The molecule has 1 N–H and O–H groups in total. The highest BCUT2D eigenvalue weighted by Gasteiger charge is 2.38. The molecule has 19 heavy (non-hydrogen) atoms. The number of nitrogens with one attached hydrogen (secondary N) is 1. The molecule has 2 aliphatic heterocycles. The number of hydrogen-bond donors (Lipinski definition) is 1. The summed E-state index contributed by atoms with van der Waals surface area (Å²) in [6.45, 7) is 4.93. The second kappa shape index (κ2) is 7.47. The Hall–Kier alpha value is -0.300. The number of amidine groups is 1. The topological polar surface area (TPSA) is 46.1 Å². The van der Waals surface area contributed by atoms with Crippen LogP contribution in [0.1, 0.15) is 12.8 Å². The second-order valence-corrected chi connectivity index (χ2v) is 6.37. The Kier molecular flexibility index (Phi) is 5.94. The number of aliphatic imine (C=N–C) groups is 1. The summed E-state index contributed by atoms with van der Waals surface area (Å²) in [5, 5.41) is 4.67. The minimum absolute atomic E-state index is 0.244. The molecule has 2 rings (SSSR count). The van der Waals surface area contributed by atoms with Crippen LogP contribution in [-0.2, 0) is 9.47 Å². The van der Waals surface area contributed by atoms with Gasteiger partial charge < -0.3 is 19.7 Å². The summed E-state index contributed by atoms with van der Waals surface area (Å²) in [6, 6.07) is 0. The smallest absolute Gasteiger partial charge is 0.157 e. The molecule has 0 aliphatic carbocycles. The highest BCUT2D eigenvalue weighted by atomic mass is 32.2. The molecule has 6 heteroatoms. The number of nitrogens with zero attached hydrogens (tertiary/aromatic N) is 2. The third-order valence-corrected chi connectivity index (χ3v) is 4.68. The third kappa shape index (κ3) is 4.95. The van der Waals surface area contributed by atoms with Gasteiger partial charge in [-0.25, -0.2) is 0 Å². The lowest BCUT2D eigenvalue weighted by molar-refractivity contribution is 0.0555. The lowest BCUT2D eigenvalue weighted by atomic mass is 9.93. The maximum absolute atomic E-state index is 5.54. The summed E-state index contributed by atoms with van der Waals surface area (Å²) in [4.78, 5) is 6.70. The van der Waals surface area contributed by atoms with Crippen molar-refractivity contribution < 1.29 is 9.47 Å². The Morgan fingerprint density at radius 3 is 2.89 bits per heavy atom. The average Bonchev–Trinajstić information content (AvgIpc) is 2.77. The fourth-order valence-corrected chi connectivity index (χ4v) is 3.43. The van der Waals surface area contributed by atoms with E-state index in [4.69, 9.17) is 9.47 Å². The van der Waals surface area contributed by atoms with Crippen molar-refractivity contribution in [3.8, 4) is 0 Å². The van der Waals surface area contributed by atoms with Crippen LogP contribution in [0.25, 0.3) is 0 Å². The summed E-state index contributed by atoms with van der Waals surface area (Å²) in [7, 11) is 4.10. The van der Waals surface area contributed by atoms with Gasteiger partial charge in [0.1, 0.15) is 0 Å². The molecule has 1 spiro atoms. The molecule has 2 heterocycles. The van der Waals surface area contributed by atoms with Gasteiger partial charge in [-0.15, -0.1) is 0 Å². The van der Waals surface area contributed by atoms with Gasteiger partial charge in [0.05, 0.1) is 25.3 Å². The van der Waals surface area contributed by atoms with E-state index in [2.05, 4.69) is 29.3 Å². The standard InChI is InChI=1S/C13H25N3O2S/c1-16(2)6-10-18-9-5-14-12-15-13(11-19-12)3-7-17-8-4-13/h3-11H2,1-2H3,(H,14,15). The van der Waals surface area contributed by atoms with E-state index in [0.717, 1.165) is 56.7 Å². The predicted molar refractivity (Wildman–Crippen MR) is 80.1 cm³/mol. The van der Waals surface area contributed by atoms with Crippen LogP contribution in [0.2, 0.25) is 0 Å². The van der Waals surface area contributed by atoms with E-state index in [1.807, 2.05) is 11.8 Å². The summed E-state index contributed by atoms with van der Waals surface area (Å²) >= 11 is 1.84. The number of rotatable bonds is 6. The largest absolute Gasteiger partial charge is 0.381 e. The van der Waals surface area contributed by atoms with Gasteiger partial charge in [-0.05, 0) is 26.9 Å². The highest BCUT2D eigenvalue weighted by Crippen LogP contribution is 2.31. The summed E-state index contributed by atoms with van der Waals surface area (Å²) in [5.41, 5.74) is 0.244. The first-order chi connectivity index (χ1) is 9.20. The Morgan fingerprint density at radius 2 is 2.16 bits per heavy atom. The summed E-state index contributed by atoms with van der Waals surface area (Å²) in [5.74, 6) is 1.12. The van der Waals surface area contributed by atoms with Crippen molar-refractivity contribution in [3.63, 3.8) is 0 Å². The number of hydrogen-bond acceptors (Lipinski definition) is 5. The zero-order chi connectivity index (χ0) is 13.6. The SMILES string of the molecule is CN(C)CCOCCN=C1NC2(CCOCC2)CS1. The zero-order valence-electron chi connectivity index (χ0n) is 12.0. The van der Waals surface area contributed by atoms with Gasteiger partial charge in [0.25, 0.3) is 0 Å². The molecule has 0 saturated carbocycles. The van der Waals surface area contributed by atoms with E-state index >= 15 is 0 Å². The molecule has 2 saturated heterocycles. The van der Waals surface area contributed by atoms with Crippen molar-refractivity contribution in [1.82, 2.24) is 10.2 Å². The van der Waals surface area contributed by atoms with Crippen molar-refractivity contribution >= 4 is 16.9 Å². The molecule has 0 aromatic rings. The molecule has 0 bridgehead atoms. The first-order valence-electron chi connectivity index (χ1n) is 6.96. The first kappa shape index (κ1) is 15.1. The van der Waals surface area contributed by atoms with E-state index < -0.39 is 0 Å². The molecule has 0 unspecified atom stereocenters. The minimum Gasteiger partial charge on any atom is -0.381 e.